The largest absolute Gasteiger partial charge is 0.368 e. The molecule has 0 spiro atoms. The number of fused-ring (bicyclic) bond motifs is 1. The minimum absolute atomic E-state index is 0.149. The third kappa shape index (κ3) is 4.92. The van der Waals surface area contributed by atoms with Crippen molar-refractivity contribution >= 4 is 53.3 Å². The number of halogens is 2. The molecule has 11 heteroatoms. The second-order valence-corrected chi connectivity index (χ2v) is 10.3. The van der Waals surface area contributed by atoms with Gasteiger partial charge in [-0.05, 0) is 11.6 Å². The number of non-ortho nitro benzene ring substituents is 1. The highest BCUT2D eigenvalue weighted by atomic mass is 79.9. The average Bonchev–Trinajstić information content (AvgIpc) is 2.77. The van der Waals surface area contributed by atoms with E-state index in [-0.39, 0.29) is 29.2 Å². The maximum absolute atomic E-state index is 13.7. The zero-order valence-corrected chi connectivity index (χ0v) is 20.5. The maximum Gasteiger partial charge on any atom is 0.272 e. The number of pyridine rings is 1. The predicted octanol–water partition coefficient (Wildman–Crippen LogP) is 3.31. The number of aromatic nitrogens is 1. The van der Waals surface area contributed by atoms with E-state index >= 15 is 0 Å². The lowest BCUT2D eigenvalue weighted by atomic mass is 10.1. The molecule has 1 aliphatic heterocycles. The maximum atomic E-state index is 13.7. The van der Waals surface area contributed by atoms with Crippen molar-refractivity contribution in [2.24, 2.45) is 0 Å². The Kier molecular flexibility index (Phi) is 7.69. The van der Waals surface area contributed by atoms with Gasteiger partial charge in [0.1, 0.15) is 4.90 Å². The van der Waals surface area contributed by atoms with Crippen LogP contribution in [-0.2, 0) is 23.0 Å². The molecule has 0 fully saturated rings. The lowest BCUT2D eigenvalue weighted by Crippen LogP contribution is -2.38. The quantitative estimate of drug-likeness (QED) is 0.209. The number of benzene rings is 1. The number of hydrogen-bond acceptors (Lipinski definition) is 6. The molecule has 0 aliphatic carbocycles. The van der Waals surface area contributed by atoms with Gasteiger partial charge in [-0.2, -0.15) is 4.31 Å². The molecule has 1 aromatic carbocycles. The number of hydrogen-bond donors (Lipinski definition) is 0. The van der Waals surface area contributed by atoms with Gasteiger partial charge in [0.2, 0.25) is 10.0 Å². The van der Waals surface area contributed by atoms with Gasteiger partial charge in [0.15, 0.2) is 0 Å². The highest BCUT2D eigenvalue weighted by molar-refractivity contribution is 9.09. The number of terminal acetylenes is 1. The van der Waals surface area contributed by atoms with Gasteiger partial charge in [-0.15, -0.1) is 6.42 Å². The molecule has 164 valence electrons. The monoisotopic (exact) mass is 570 g/mol. The van der Waals surface area contributed by atoms with E-state index in [0.29, 0.717) is 35.9 Å². The Hall–Kier alpha value is -2.00. The normalized spacial score (nSPS) is 14.0. The highest BCUT2D eigenvalue weighted by Crippen LogP contribution is 2.36. The van der Waals surface area contributed by atoms with Crippen LogP contribution in [0.3, 0.4) is 0 Å². The Morgan fingerprint density at radius 2 is 2.00 bits per heavy atom. The van der Waals surface area contributed by atoms with E-state index in [1.54, 1.807) is 12.3 Å². The summed E-state index contributed by atoms with van der Waals surface area (Å²) in [5.74, 6) is 2.45. The SMILES string of the molecule is C#Cc1cc([N+](=O)[O-])cc(S(=O)(=O)N2CCc3ncccc3C2)c1N(CCBr)CCBr. The van der Waals surface area contributed by atoms with E-state index in [0.717, 1.165) is 17.3 Å². The van der Waals surface area contributed by atoms with Gasteiger partial charge < -0.3 is 4.90 Å². The number of nitrogens with zero attached hydrogens (tertiary/aromatic N) is 4. The second-order valence-electron chi connectivity index (χ2n) is 6.80. The van der Waals surface area contributed by atoms with Crippen molar-refractivity contribution in [2.75, 3.05) is 35.2 Å². The summed E-state index contributed by atoms with van der Waals surface area (Å²) >= 11 is 6.77. The zero-order chi connectivity index (χ0) is 22.6. The Morgan fingerprint density at radius 1 is 1.29 bits per heavy atom. The molecule has 2 heterocycles. The van der Waals surface area contributed by atoms with Crippen molar-refractivity contribution < 1.29 is 13.3 Å². The number of sulfonamides is 1. The molecule has 3 rings (SSSR count). The lowest BCUT2D eigenvalue weighted by molar-refractivity contribution is -0.385. The van der Waals surface area contributed by atoms with E-state index < -0.39 is 14.9 Å². The van der Waals surface area contributed by atoms with E-state index in [2.05, 4.69) is 42.8 Å². The van der Waals surface area contributed by atoms with Crippen LogP contribution in [0.1, 0.15) is 16.8 Å². The first-order valence-corrected chi connectivity index (χ1v) is 13.1. The summed E-state index contributed by atoms with van der Waals surface area (Å²) in [6.07, 6.45) is 7.81. The fourth-order valence-corrected chi connectivity index (χ4v) is 6.08. The van der Waals surface area contributed by atoms with Crippen molar-refractivity contribution in [3.05, 3.63) is 57.4 Å². The molecule has 0 N–H and O–H groups in total. The topological polar surface area (TPSA) is 96.6 Å². The summed E-state index contributed by atoms with van der Waals surface area (Å²) in [4.78, 5) is 16.9. The summed E-state index contributed by atoms with van der Waals surface area (Å²) in [7, 11) is -4.07. The van der Waals surface area contributed by atoms with E-state index in [1.807, 2.05) is 11.0 Å². The van der Waals surface area contributed by atoms with E-state index in [4.69, 9.17) is 6.42 Å². The predicted molar refractivity (Wildman–Crippen MR) is 126 cm³/mol. The molecule has 0 saturated carbocycles. The third-order valence-electron chi connectivity index (χ3n) is 5.00. The first-order valence-electron chi connectivity index (χ1n) is 9.42. The first-order chi connectivity index (χ1) is 14.8. The smallest absolute Gasteiger partial charge is 0.272 e. The van der Waals surface area contributed by atoms with Gasteiger partial charge in [-0.1, -0.05) is 43.8 Å². The summed E-state index contributed by atoms with van der Waals surface area (Å²) in [5.41, 5.74) is 1.81. The molecule has 0 saturated heterocycles. The van der Waals surface area contributed by atoms with Crippen molar-refractivity contribution in [1.82, 2.24) is 9.29 Å². The van der Waals surface area contributed by atoms with Crippen LogP contribution < -0.4 is 4.90 Å². The average molecular weight is 572 g/mol. The summed E-state index contributed by atoms with van der Waals surface area (Å²) in [6.45, 7) is 1.34. The lowest BCUT2D eigenvalue weighted by Gasteiger charge is -2.31. The van der Waals surface area contributed by atoms with Crippen LogP contribution >= 0.6 is 31.9 Å². The summed E-state index contributed by atoms with van der Waals surface area (Å²) < 4.78 is 28.8. The van der Waals surface area contributed by atoms with Crippen molar-refractivity contribution in [3.8, 4) is 12.3 Å². The van der Waals surface area contributed by atoms with Gasteiger partial charge in [-0.3, -0.25) is 15.1 Å². The zero-order valence-electron chi connectivity index (χ0n) is 16.5. The Balaban J connectivity index is 2.18. The van der Waals surface area contributed by atoms with Gasteiger partial charge >= 0.3 is 0 Å². The Bertz CT molecular complexity index is 1130. The molecule has 0 atom stereocenters. The molecule has 0 bridgehead atoms. The van der Waals surface area contributed by atoms with Crippen LogP contribution in [0, 0.1) is 22.5 Å². The van der Waals surface area contributed by atoms with Crippen LogP contribution in [0.25, 0.3) is 0 Å². The van der Waals surface area contributed by atoms with Crippen molar-refractivity contribution in [3.63, 3.8) is 0 Å². The van der Waals surface area contributed by atoms with Crippen LogP contribution in [0.5, 0.6) is 0 Å². The van der Waals surface area contributed by atoms with Gasteiger partial charge in [0, 0.05) is 67.3 Å². The van der Waals surface area contributed by atoms with Gasteiger partial charge in [0.25, 0.3) is 5.69 Å². The van der Waals surface area contributed by atoms with E-state index in [1.165, 1.54) is 10.4 Å². The second kappa shape index (κ2) is 10.1. The van der Waals surface area contributed by atoms with Crippen LogP contribution in [-0.4, -0.2) is 52.9 Å². The standard InChI is InChI=1S/C20H20Br2N4O4S/c1-2-15-12-17(26(27)28)13-19(20(15)24(10-6-21)11-7-22)31(29,30)25-9-5-18-16(14-25)4-3-8-23-18/h1,3-4,8,12-13H,5-7,9-11,14H2. The van der Waals surface area contributed by atoms with Crippen molar-refractivity contribution in [2.45, 2.75) is 17.9 Å². The number of rotatable bonds is 8. The van der Waals surface area contributed by atoms with E-state index in [9.17, 15) is 18.5 Å². The summed E-state index contributed by atoms with van der Waals surface area (Å²) in [6, 6.07) is 5.96. The molecule has 1 aromatic heterocycles. The molecular weight excluding hydrogens is 552 g/mol. The molecule has 1 aliphatic rings. The molecule has 31 heavy (non-hydrogen) atoms. The molecule has 2 aromatic rings. The summed E-state index contributed by atoms with van der Waals surface area (Å²) in [5, 5.41) is 12.7. The molecular formula is C20H20Br2N4O4S. The first kappa shape index (κ1) is 23.7. The van der Waals surface area contributed by atoms with Crippen LogP contribution in [0.2, 0.25) is 0 Å². The molecule has 0 amide bonds. The minimum atomic E-state index is -4.07. The third-order valence-corrected chi connectivity index (χ3v) is 7.57. The van der Waals surface area contributed by atoms with Gasteiger partial charge in [0.05, 0.1) is 16.2 Å². The number of nitro benzene ring substituents is 1. The minimum Gasteiger partial charge on any atom is -0.368 e. The fraction of sp³-hybridized carbons (Fsp3) is 0.350. The Morgan fingerprint density at radius 3 is 2.61 bits per heavy atom. The fourth-order valence-electron chi connectivity index (χ4n) is 3.56. The molecule has 0 radical (unpaired) electrons. The van der Waals surface area contributed by atoms with Crippen molar-refractivity contribution in [1.29, 1.82) is 0 Å². The highest BCUT2D eigenvalue weighted by Gasteiger charge is 2.34. The number of nitro groups is 1. The number of anilines is 1. The van der Waals surface area contributed by atoms with Crippen LogP contribution in [0.15, 0.2) is 35.4 Å². The number of alkyl halides is 2. The molecule has 8 nitrogen and oxygen atoms in total. The Labute approximate surface area is 198 Å². The molecule has 0 unspecified atom stereocenters. The van der Waals surface area contributed by atoms with Crippen LogP contribution in [0.4, 0.5) is 11.4 Å². The van der Waals surface area contributed by atoms with Gasteiger partial charge in [-0.25, -0.2) is 8.42 Å².